The van der Waals surface area contributed by atoms with Gasteiger partial charge in [0.2, 0.25) is 5.95 Å². The summed E-state index contributed by atoms with van der Waals surface area (Å²) in [5.41, 5.74) is 2.32. The molecule has 0 bridgehead atoms. The molecule has 0 radical (unpaired) electrons. The summed E-state index contributed by atoms with van der Waals surface area (Å²) < 4.78 is 0. The SMILES string of the molecule is CNc1nccc(C2CCCCN2Cc2cccnc2NC)n1. The predicted octanol–water partition coefficient (Wildman–Crippen LogP) is 2.68. The van der Waals surface area contributed by atoms with Crippen molar-refractivity contribution in [2.45, 2.75) is 31.8 Å². The van der Waals surface area contributed by atoms with Crippen LogP contribution in [0.25, 0.3) is 0 Å². The Kier molecular flexibility index (Phi) is 5.02. The first-order valence-corrected chi connectivity index (χ1v) is 8.18. The minimum Gasteiger partial charge on any atom is -0.373 e. The number of rotatable bonds is 5. The molecule has 3 heterocycles. The largest absolute Gasteiger partial charge is 0.373 e. The monoisotopic (exact) mass is 312 g/mol. The zero-order chi connectivity index (χ0) is 16.1. The van der Waals surface area contributed by atoms with E-state index in [1.807, 2.05) is 38.6 Å². The van der Waals surface area contributed by atoms with Gasteiger partial charge in [-0.25, -0.2) is 15.0 Å². The first-order valence-electron chi connectivity index (χ1n) is 8.18. The Labute approximate surface area is 137 Å². The van der Waals surface area contributed by atoms with E-state index in [1.54, 1.807) is 0 Å². The van der Waals surface area contributed by atoms with Crippen molar-refractivity contribution < 1.29 is 0 Å². The third-order valence-corrected chi connectivity index (χ3v) is 4.36. The van der Waals surface area contributed by atoms with E-state index in [-0.39, 0.29) is 0 Å². The van der Waals surface area contributed by atoms with Crippen molar-refractivity contribution in [3.63, 3.8) is 0 Å². The highest BCUT2D eigenvalue weighted by Crippen LogP contribution is 2.32. The number of likely N-dealkylation sites (tertiary alicyclic amines) is 1. The predicted molar refractivity (Wildman–Crippen MR) is 92.4 cm³/mol. The molecule has 0 amide bonds. The van der Waals surface area contributed by atoms with Gasteiger partial charge in [-0.2, -0.15) is 0 Å². The Balaban J connectivity index is 1.83. The highest BCUT2D eigenvalue weighted by molar-refractivity contribution is 5.43. The van der Waals surface area contributed by atoms with Crippen LogP contribution in [0.1, 0.15) is 36.6 Å². The lowest BCUT2D eigenvalue weighted by Crippen LogP contribution is -2.33. The van der Waals surface area contributed by atoms with Crippen LogP contribution in [0.5, 0.6) is 0 Å². The molecule has 1 aliphatic heterocycles. The molecule has 6 heteroatoms. The van der Waals surface area contributed by atoms with Crippen molar-refractivity contribution >= 4 is 11.8 Å². The number of nitrogens with zero attached hydrogens (tertiary/aromatic N) is 4. The average molecular weight is 312 g/mol. The van der Waals surface area contributed by atoms with Gasteiger partial charge < -0.3 is 10.6 Å². The first-order chi connectivity index (χ1) is 11.3. The van der Waals surface area contributed by atoms with Gasteiger partial charge in [-0.1, -0.05) is 12.5 Å². The maximum Gasteiger partial charge on any atom is 0.222 e. The molecule has 23 heavy (non-hydrogen) atoms. The summed E-state index contributed by atoms with van der Waals surface area (Å²) in [6, 6.07) is 6.51. The summed E-state index contributed by atoms with van der Waals surface area (Å²) in [6.45, 7) is 1.97. The molecule has 0 aromatic carbocycles. The van der Waals surface area contributed by atoms with Crippen molar-refractivity contribution in [3.05, 3.63) is 41.9 Å². The van der Waals surface area contributed by atoms with E-state index in [4.69, 9.17) is 0 Å². The fraction of sp³-hybridized carbons (Fsp3) is 0.471. The zero-order valence-electron chi connectivity index (χ0n) is 13.8. The molecule has 122 valence electrons. The second-order valence-electron chi connectivity index (χ2n) is 5.80. The molecule has 1 unspecified atom stereocenters. The molecule has 1 saturated heterocycles. The van der Waals surface area contributed by atoms with Crippen molar-refractivity contribution in [2.24, 2.45) is 0 Å². The number of anilines is 2. The van der Waals surface area contributed by atoms with E-state index in [9.17, 15) is 0 Å². The van der Waals surface area contributed by atoms with Crippen molar-refractivity contribution in [1.82, 2.24) is 19.9 Å². The Morgan fingerprint density at radius 1 is 1.13 bits per heavy atom. The third-order valence-electron chi connectivity index (χ3n) is 4.36. The Hall–Kier alpha value is -2.21. The van der Waals surface area contributed by atoms with E-state index >= 15 is 0 Å². The highest BCUT2D eigenvalue weighted by Gasteiger charge is 2.26. The Morgan fingerprint density at radius 3 is 2.87 bits per heavy atom. The molecular formula is C17H24N6. The number of nitrogens with one attached hydrogen (secondary N) is 2. The topological polar surface area (TPSA) is 66.0 Å². The van der Waals surface area contributed by atoms with E-state index in [1.165, 1.54) is 18.4 Å². The summed E-state index contributed by atoms with van der Waals surface area (Å²) in [6.07, 6.45) is 7.27. The second-order valence-corrected chi connectivity index (χ2v) is 5.80. The van der Waals surface area contributed by atoms with Gasteiger partial charge in [0, 0.05) is 38.6 Å². The number of piperidine rings is 1. The molecule has 3 rings (SSSR count). The zero-order valence-corrected chi connectivity index (χ0v) is 13.8. The number of pyridine rings is 1. The van der Waals surface area contributed by atoms with Gasteiger partial charge in [0.1, 0.15) is 5.82 Å². The lowest BCUT2D eigenvalue weighted by molar-refractivity contribution is 0.137. The van der Waals surface area contributed by atoms with Gasteiger partial charge in [0.05, 0.1) is 11.7 Å². The Bertz CT molecular complexity index is 644. The molecule has 1 aliphatic rings. The normalized spacial score (nSPS) is 18.6. The smallest absolute Gasteiger partial charge is 0.222 e. The minimum atomic E-state index is 0.337. The van der Waals surface area contributed by atoms with Crippen molar-refractivity contribution in [1.29, 1.82) is 0 Å². The van der Waals surface area contributed by atoms with E-state index in [0.717, 1.165) is 31.0 Å². The lowest BCUT2D eigenvalue weighted by atomic mass is 9.98. The van der Waals surface area contributed by atoms with Crippen LogP contribution in [0.3, 0.4) is 0 Å². The molecule has 1 atom stereocenters. The van der Waals surface area contributed by atoms with Crippen LogP contribution >= 0.6 is 0 Å². The lowest BCUT2D eigenvalue weighted by Gasteiger charge is -2.35. The fourth-order valence-electron chi connectivity index (χ4n) is 3.20. The summed E-state index contributed by atoms with van der Waals surface area (Å²) in [5.74, 6) is 1.64. The van der Waals surface area contributed by atoms with E-state index in [0.29, 0.717) is 12.0 Å². The van der Waals surface area contributed by atoms with Gasteiger partial charge in [-0.15, -0.1) is 0 Å². The Morgan fingerprint density at radius 2 is 2.04 bits per heavy atom. The van der Waals surface area contributed by atoms with Crippen LogP contribution in [0.4, 0.5) is 11.8 Å². The summed E-state index contributed by atoms with van der Waals surface area (Å²) in [4.78, 5) is 15.8. The summed E-state index contributed by atoms with van der Waals surface area (Å²) in [5, 5.41) is 6.21. The first kappa shape index (κ1) is 15.7. The average Bonchev–Trinajstić information content (AvgIpc) is 2.62. The van der Waals surface area contributed by atoms with Crippen LogP contribution < -0.4 is 10.6 Å². The van der Waals surface area contributed by atoms with E-state index < -0.39 is 0 Å². The summed E-state index contributed by atoms with van der Waals surface area (Å²) in [7, 11) is 3.77. The second kappa shape index (κ2) is 7.37. The number of hydrogen-bond donors (Lipinski definition) is 2. The molecule has 0 spiro atoms. The third kappa shape index (κ3) is 3.59. The molecular weight excluding hydrogens is 288 g/mol. The highest BCUT2D eigenvalue weighted by atomic mass is 15.2. The minimum absolute atomic E-state index is 0.337. The fourth-order valence-corrected chi connectivity index (χ4v) is 3.20. The molecule has 2 aromatic heterocycles. The van der Waals surface area contributed by atoms with Gasteiger partial charge in [0.25, 0.3) is 0 Å². The molecule has 0 saturated carbocycles. The van der Waals surface area contributed by atoms with Crippen LogP contribution in [0.15, 0.2) is 30.6 Å². The van der Waals surface area contributed by atoms with Crippen molar-refractivity contribution in [3.8, 4) is 0 Å². The van der Waals surface area contributed by atoms with Crippen molar-refractivity contribution in [2.75, 3.05) is 31.3 Å². The van der Waals surface area contributed by atoms with Gasteiger partial charge in [-0.3, -0.25) is 4.90 Å². The van der Waals surface area contributed by atoms with Crippen LogP contribution in [0, 0.1) is 0 Å². The van der Waals surface area contributed by atoms with Gasteiger partial charge in [0.15, 0.2) is 0 Å². The number of aromatic nitrogens is 3. The summed E-state index contributed by atoms with van der Waals surface area (Å²) >= 11 is 0. The van der Waals surface area contributed by atoms with Crippen LogP contribution in [0.2, 0.25) is 0 Å². The maximum absolute atomic E-state index is 4.65. The van der Waals surface area contributed by atoms with Gasteiger partial charge >= 0.3 is 0 Å². The van der Waals surface area contributed by atoms with Crippen LogP contribution in [-0.4, -0.2) is 40.5 Å². The van der Waals surface area contributed by atoms with Crippen LogP contribution in [-0.2, 0) is 6.54 Å². The quantitative estimate of drug-likeness (QED) is 0.885. The molecule has 2 N–H and O–H groups in total. The molecule has 6 nitrogen and oxygen atoms in total. The van der Waals surface area contributed by atoms with E-state index in [2.05, 4.69) is 36.6 Å². The molecule has 1 fully saturated rings. The molecule has 2 aromatic rings. The standard InChI is InChI=1S/C17H24N6/c1-18-16-13(6-5-9-20-16)12-23-11-4-3-7-15(23)14-8-10-21-17(19-2)22-14/h5-6,8-10,15H,3-4,7,11-12H2,1-2H3,(H,18,20)(H,19,21,22). The van der Waals surface area contributed by atoms with Gasteiger partial charge in [-0.05, 0) is 31.5 Å². The molecule has 0 aliphatic carbocycles. The maximum atomic E-state index is 4.65. The number of hydrogen-bond acceptors (Lipinski definition) is 6.